The molecule has 0 amide bonds. The van der Waals surface area contributed by atoms with Crippen LogP contribution in [0.3, 0.4) is 0 Å². The maximum atomic E-state index is 11.6. The Labute approximate surface area is 184 Å². The van der Waals surface area contributed by atoms with Crippen molar-refractivity contribution < 1.29 is 28.5 Å². The second-order valence-electron chi connectivity index (χ2n) is 8.65. The van der Waals surface area contributed by atoms with Crippen LogP contribution in [-0.4, -0.2) is 51.6 Å². The number of hydrogen-bond acceptors (Lipinski definition) is 6. The fraction of sp³-hybridized carbons (Fsp3) is 0.917. The van der Waals surface area contributed by atoms with Crippen molar-refractivity contribution in [3.8, 4) is 0 Å². The van der Waals surface area contributed by atoms with Gasteiger partial charge in [0.05, 0.1) is 26.4 Å². The molecule has 6 heteroatoms. The Morgan fingerprint density at radius 2 is 0.900 bits per heavy atom. The third-order valence-electron chi connectivity index (χ3n) is 4.68. The lowest BCUT2D eigenvalue weighted by molar-refractivity contribution is -0.147. The maximum Gasteiger partial charge on any atom is 0.305 e. The van der Waals surface area contributed by atoms with Crippen molar-refractivity contribution in [1.82, 2.24) is 0 Å². The van der Waals surface area contributed by atoms with Crippen LogP contribution in [0.2, 0.25) is 0 Å². The highest BCUT2D eigenvalue weighted by Crippen LogP contribution is 2.10. The van der Waals surface area contributed by atoms with Gasteiger partial charge in [-0.3, -0.25) is 9.59 Å². The minimum atomic E-state index is -0.152. The van der Waals surface area contributed by atoms with E-state index >= 15 is 0 Å². The van der Waals surface area contributed by atoms with E-state index in [2.05, 4.69) is 27.7 Å². The standard InChI is InChI=1S/C24H46O6/c1-21(2)11-7-5-9-13-23(25)29-19-17-27-15-16-28-18-20-30-24(26)14-10-6-8-12-22(3)4/h21-22H,5-20H2,1-4H3. The van der Waals surface area contributed by atoms with Gasteiger partial charge in [0.25, 0.3) is 0 Å². The van der Waals surface area contributed by atoms with Gasteiger partial charge in [-0.25, -0.2) is 0 Å². The monoisotopic (exact) mass is 430 g/mol. The summed E-state index contributed by atoms with van der Waals surface area (Å²) in [6.45, 7) is 11.0. The summed E-state index contributed by atoms with van der Waals surface area (Å²) in [7, 11) is 0. The Morgan fingerprint density at radius 1 is 0.533 bits per heavy atom. The number of esters is 2. The van der Waals surface area contributed by atoms with Crippen LogP contribution in [0.4, 0.5) is 0 Å². The highest BCUT2D eigenvalue weighted by Gasteiger charge is 2.04. The average Bonchev–Trinajstić information content (AvgIpc) is 2.68. The van der Waals surface area contributed by atoms with E-state index in [1.807, 2.05) is 0 Å². The predicted octanol–water partition coefficient (Wildman–Crippen LogP) is 5.32. The van der Waals surface area contributed by atoms with Gasteiger partial charge in [0, 0.05) is 12.8 Å². The minimum Gasteiger partial charge on any atom is -0.463 e. The van der Waals surface area contributed by atoms with Gasteiger partial charge in [0.1, 0.15) is 13.2 Å². The van der Waals surface area contributed by atoms with Crippen LogP contribution in [0.15, 0.2) is 0 Å². The van der Waals surface area contributed by atoms with Crippen molar-refractivity contribution in [2.45, 2.75) is 91.9 Å². The second kappa shape index (κ2) is 21.1. The Kier molecular flexibility index (Phi) is 20.3. The van der Waals surface area contributed by atoms with Gasteiger partial charge >= 0.3 is 11.9 Å². The van der Waals surface area contributed by atoms with Crippen LogP contribution in [0.5, 0.6) is 0 Å². The van der Waals surface area contributed by atoms with E-state index in [1.54, 1.807) is 0 Å². The smallest absolute Gasteiger partial charge is 0.305 e. The molecule has 0 radical (unpaired) electrons. The van der Waals surface area contributed by atoms with Crippen LogP contribution < -0.4 is 0 Å². The SMILES string of the molecule is CC(C)CCCCCC(=O)OCCOCCOCCOC(=O)CCCCCC(C)C. The molecule has 0 fully saturated rings. The highest BCUT2D eigenvalue weighted by molar-refractivity contribution is 5.69. The molecule has 0 aliphatic heterocycles. The van der Waals surface area contributed by atoms with Gasteiger partial charge in [-0.1, -0.05) is 66.2 Å². The van der Waals surface area contributed by atoms with Crippen molar-refractivity contribution in [3.05, 3.63) is 0 Å². The Hall–Kier alpha value is -1.14. The van der Waals surface area contributed by atoms with E-state index in [0.29, 0.717) is 39.3 Å². The Balaban J connectivity index is 3.27. The van der Waals surface area contributed by atoms with Gasteiger partial charge in [0.2, 0.25) is 0 Å². The molecule has 0 rings (SSSR count). The summed E-state index contributed by atoms with van der Waals surface area (Å²) in [5, 5.41) is 0. The average molecular weight is 431 g/mol. The fourth-order valence-corrected chi connectivity index (χ4v) is 2.89. The Bertz CT molecular complexity index is 371. The second-order valence-corrected chi connectivity index (χ2v) is 8.65. The third-order valence-corrected chi connectivity index (χ3v) is 4.68. The zero-order valence-corrected chi connectivity index (χ0v) is 19.9. The van der Waals surface area contributed by atoms with Crippen LogP contribution in [0, 0.1) is 11.8 Å². The van der Waals surface area contributed by atoms with E-state index in [-0.39, 0.29) is 25.2 Å². The van der Waals surface area contributed by atoms with Crippen molar-refractivity contribution in [1.29, 1.82) is 0 Å². The molecular weight excluding hydrogens is 384 g/mol. The van der Waals surface area contributed by atoms with Crippen LogP contribution in [-0.2, 0) is 28.5 Å². The van der Waals surface area contributed by atoms with E-state index in [0.717, 1.165) is 37.5 Å². The van der Waals surface area contributed by atoms with E-state index in [9.17, 15) is 9.59 Å². The maximum absolute atomic E-state index is 11.6. The van der Waals surface area contributed by atoms with Crippen LogP contribution in [0.1, 0.15) is 91.9 Å². The topological polar surface area (TPSA) is 71.1 Å². The van der Waals surface area contributed by atoms with Gasteiger partial charge in [-0.15, -0.1) is 0 Å². The fourth-order valence-electron chi connectivity index (χ4n) is 2.89. The summed E-state index contributed by atoms with van der Waals surface area (Å²) in [5.74, 6) is 1.15. The van der Waals surface area contributed by atoms with E-state index in [4.69, 9.17) is 18.9 Å². The molecule has 0 aromatic rings. The summed E-state index contributed by atoms with van der Waals surface area (Å²) in [6, 6.07) is 0. The molecule has 0 unspecified atom stereocenters. The van der Waals surface area contributed by atoms with Gasteiger partial charge in [-0.05, 0) is 24.7 Å². The molecule has 0 N–H and O–H groups in total. The molecule has 0 atom stereocenters. The van der Waals surface area contributed by atoms with Crippen molar-refractivity contribution in [2.24, 2.45) is 11.8 Å². The van der Waals surface area contributed by atoms with Gasteiger partial charge < -0.3 is 18.9 Å². The quantitative estimate of drug-likeness (QED) is 0.181. The molecule has 6 nitrogen and oxygen atoms in total. The third kappa shape index (κ3) is 23.1. The number of carbonyl (C=O) groups excluding carboxylic acids is 2. The first-order valence-electron chi connectivity index (χ1n) is 11.9. The van der Waals surface area contributed by atoms with E-state index in [1.165, 1.54) is 25.7 Å². The molecule has 0 aromatic carbocycles. The first-order chi connectivity index (χ1) is 14.4. The lowest BCUT2D eigenvalue weighted by atomic mass is 10.0. The minimum absolute atomic E-state index is 0.152. The van der Waals surface area contributed by atoms with E-state index < -0.39 is 0 Å². The molecule has 0 aliphatic carbocycles. The lowest BCUT2D eigenvalue weighted by Gasteiger charge is -2.08. The van der Waals surface area contributed by atoms with Crippen molar-refractivity contribution in [3.63, 3.8) is 0 Å². The molecule has 0 aliphatic rings. The molecule has 0 spiro atoms. The van der Waals surface area contributed by atoms with Crippen LogP contribution >= 0.6 is 0 Å². The van der Waals surface area contributed by atoms with Gasteiger partial charge in [0.15, 0.2) is 0 Å². The Morgan fingerprint density at radius 3 is 1.27 bits per heavy atom. The summed E-state index contributed by atoms with van der Waals surface area (Å²) in [5.41, 5.74) is 0. The first-order valence-corrected chi connectivity index (χ1v) is 11.9. The number of rotatable bonds is 21. The summed E-state index contributed by atoms with van der Waals surface area (Å²) in [4.78, 5) is 23.2. The summed E-state index contributed by atoms with van der Waals surface area (Å²) in [6.07, 6.45) is 9.68. The van der Waals surface area contributed by atoms with Crippen molar-refractivity contribution in [2.75, 3.05) is 39.6 Å². The first kappa shape index (κ1) is 28.9. The van der Waals surface area contributed by atoms with Crippen molar-refractivity contribution >= 4 is 11.9 Å². The molecule has 30 heavy (non-hydrogen) atoms. The largest absolute Gasteiger partial charge is 0.463 e. The highest BCUT2D eigenvalue weighted by atomic mass is 16.6. The molecule has 0 heterocycles. The number of carbonyl (C=O) groups is 2. The number of unbranched alkanes of at least 4 members (excludes halogenated alkanes) is 4. The normalized spacial score (nSPS) is 11.3. The molecule has 178 valence electrons. The summed E-state index contributed by atoms with van der Waals surface area (Å²) >= 11 is 0. The molecular formula is C24H46O6. The number of hydrogen-bond donors (Lipinski definition) is 0. The summed E-state index contributed by atoms with van der Waals surface area (Å²) < 4.78 is 21.0. The van der Waals surface area contributed by atoms with Gasteiger partial charge in [-0.2, -0.15) is 0 Å². The van der Waals surface area contributed by atoms with Crippen LogP contribution in [0.25, 0.3) is 0 Å². The predicted molar refractivity (Wildman–Crippen MR) is 119 cm³/mol. The number of ether oxygens (including phenoxy) is 4. The molecule has 0 saturated heterocycles. The molecule has 0 saturated carbocycles. The lowest BCUT2D eigenvalue weighted by Crippen LogP contribution is -2.15. The zero-order valence-electron chi connectivity index (χ0n) is 19.9. The molecule has 0 aromatic heterocycles. The molecule has 0 bridgehead atoms. The zero-order chi connectivity index (χ0) is 22.5.